The summed E-state index contributed by atoms with van der Waals surface area (Å²) in [6, 6.07) is 5.11. The van der Waals surface area contributed by atoms with Crippen LogP contribution in [0.25, 0.3) is 5.57 Å². The fraction of sp³-hybridized carbons (Fsp3) is 0.0909. The smallest absolute Gasteiger partial charge is 0.138 e. The number of allylic oxidation sites excluding steroid dienone is 2. The molecule has 2 rings (SSSR count). The number of fused-ring (bicyclic) bond motifs is 1. The first kappa shape index (κ1) is 9.16. The van der Waals surface area contributed by atoms with Crippen molar-refractivity contribution in [1.29, 1.82) is 0 Å². The zero-order valence-electron chi connectivity index (χ0n) is 7.46. The van der Waals surface area contributed by atoms with E-state index in [2.05, 4.69) is 6.58 Å². The number of rotatable bonds is 1. The van der Waals surface area contributed by atoms with Crippen molar-refractivity contribution in [3.8, 4) is 11.5 Å². The minimum atomic E-state index is 0.182. The summed E-state index contributed by atoms with van der Waals surface area (Å²) < 4.78 is 5.36. The summed E-state index contributed by atoms with van der Waals surface area (Å²) in [6.07, 6.45) is 1.73. The minimum absolute atomic E-state index is 0.182. The van der Waals surface area contributed by atoms with E-state index in [1.54, 1.807) is 24.3 Å². The van der Waals surface area contributed by atoms with Crippen molar-refractivity contribution in [1.82, 2.24) is 0 Å². The number of aromatic hydroxyl groups is 1. The van der Waals surface area contributed by atoms with Crippen LogP contribution in [0.15, 0.2) is 36.6 Å². The summed E-state index contributed by atoms with van der Waals surface area (Å²) in [7, 11) is 0. The Hall–Kier alpha value is -1.41. The lowest BCUT2D eigenvalue weighted by atomic mass is 10.0. The molecule has 0 unspecified atom stereocenters. The predicted molar refractivity (Wildman–Crippen MR) is 56.6 cm³/mol. The van der Waals surface area contributed by atoms with Crippen LogP contribution < -0.4 is 4.74 Å². The summed E-state index contributed by atoms with van der Waals surface area (Å²) in [4.78, 5) is 0. The molecule has 0 spiro atoms. The van der Waals surface area contributed by atoms with E-state index in [1.165, 1.54) is 0 Å². The average Bonchev–Trinajstić information content (AvgIpc) is 2.16. The van der Waals surface area contributed by atoms with Crippen molar-refractivity contribution < 1.29 is 9.84 Å². The number of benzene rings is 1. The molecule has 0 radical (unpaired) electrons. The van der Waals surface area contributed by atoms with Crippen molar-refractivity contribution >= 4 is 17.2 Å². The molecule has 0 amide bonds. The van der Waals surface area contributed by atoms with Gasteiger partial charge in [-0.05, 0) is 23.8 Å². The second-order valence-corrected chi connectivity index (χ2v) is 3.29. The van der Waals surface area contributed by atoms with Gasteiger partial charge >= 0.3 is 0 Å². The van der Waals surface area contributed by atoms with E-state index in [4.69, 9.17) is 16.3 Å². The normalized spacial score (nSPS) is 14.4. The number of phenolic OH excluding ortho intramolecular Hbond substituents is 1. The number of halogens is 1. The Balaban J connectivity index is 2.63. The molecule has 0 aliphatic carbocycles. The molecule has 14 heavy (non-hydrogen) atoms. The largest absolute Gasteiger partial charge is 0.507 e. The second-order valence-electron chi connectivity index (χ2n) is 3.02. The average molecular weight is 209 g/mol. The van der Waals surface area contributed by atoms with Crippen LogP contribution in [0, 0.1) is 0 Å². The maximum Gasteiger partial charge on any atom is 0.138 e. The predicted octanol–water partition coefficient (Wildman–Crippen LogP) is 2.92. The van der Waals surface area contributed by atoms with Gasteiger partial charge in [0.05, 0.1) is 5.56 Å². The van der Waals surface area contributed by atoms with Gasteiger partial charge in [0, 0.05) is 5.88 Å². The van der Waals surface area contributed by atoms with Gasteiger partial charge in [-0.15, -0.1) is 11.6 Å². The third-order valence-electron chi connectivity index (χ3n) is 2.05. The highest BCUT2D eigenvalue weighted by Gasteiger charge is 2.18. The van der Waals surface area contributed by atoms with Gasteiger partial charge in [0.25, 0.3) is 0 Å². The topological polar surface area (TPSA) is 29.5 Å². The van der Waals surface area contributed by atoms with Crippen molar-refractivity contribution in [3.05, 3.63) is 42.2 Å². The summed E-state index contributed by atoms with van der Waals surface area (Å²) in [5.41, 5.74) is 1.49. The summed E-state index contributed by atoms with van der Waals surface area (Å²) in [5, 5.41) is 9.63. The minimum Gasteiger partial charge on any atom is -0.507 e. The summed E-state index contributed by atoms with van der Waals surface area (Å²) in [5.74, 6) is 1.65. The number of hydrogen-bond acceptors (Lipinski definition) is 2. The van der Waals surface area contributed by atoms with E-state index in [-0.39, 0.29) is 5.75 Å². The molecule has 0 saturated carbocycles. The van der Waals surface area contributed by atoms with Crippen molar-refractivity contribution in [2.24, 2.45) is 0 Å². The molecule has 0 fully saturated rings. The third-order valence-corrected chi connectivity index (χ3v) is 2.33. The lowest BCUT2D eigenvalue weighted by Gasteiger charge is -2.19. The molecular formula is C11H9ClO2. The fourth-order valence-corrected chi connectivity index (χ4v) is 1.68. The standard InChI is InChI=1S/C11H9ClO2/c1-7-5-8(6-12)11-9(13)3-2-4-10(11)14-7/h2-5,13H,1,6H2. The molecule has 1 aromatic rings. The molecule has 1 N–H and O–H groups in total. The highest BCUT2D eigenvalue weighted by molar-refractivity contribution is 6.23. The molecule has 3 heteroatoms. The number of ether oxygens (including phenoxy) is 1. The SMILES string of the molecule is C=C1C=C(CCl)c2c(O)cccc2O1. The van der Waals surface area contributed by atoms with Crippen molar-refractivity contribution in [3.63, 3.8) is 0 Å². The Labute approximate surface area is 87.1 Å². The zero-order chi connectivity index (χ0) is 10.1. The van der Waals surface area contributed by atoms with Crippen LogP contribution >= 0.6 is 11.6 Å². The van der Waals surface area contributed by atoms with E-state index in [0.717, 1.165) is 5.57 Å². The Morgan fingerprint density at radius 3 is 2.93 bits per heavy atom. The first-order chi connectivity index (χ1) is 6.72. The van der Waals surface area contributed by atoms with E-state index in [0.29, 0.717) is 23.0 Å². The lowest BCUT2D eigenvalue weighted by molar-refractivity contribution is 0.427. The second kappa shape index (κ2) is 3.39. The highest BCUT2D eigenvalue weighted by Crippen LogP contribution is 2.38. The third kappa shape index (κ3) is 1.38. The summed E-state index contributed by atoms with van der Waals surface area (Å²) in [6.45, 7) is 3.70. The maximum absolute atomic E-state index is 9.63. The van der Waals surface area contributed by atoms with Gasteiger partial charge in [-0.3, -0.25) is 0 Å². The van der Waals surface area contributed by atoms with Crippen LogP contribution in [-0.2, 0) is 0 Å². The fourth-order valence-electron chi connectivity index (χ4n) is 1.47. The Morgan fingerprint density at radius 1 is 1.43 bits per heavy atom. The van der Waals surface area contributed by atoms with Gasteiger partial charge in [-0.2, -0.15) is 0 Å². The Morgan fingerprint density at radius 2 is 2.21 bits per heavy atom. The molecule has 2 nitrogen and oxygen atoms in total. The van der Waals surface area contributed by atoms with E-state index < -0.39 is 0 Å². The number of hydrogen-bond donors (Lipinski definition) is 1. The molecule has 1 aliphatic rings. The van der Waals surface area contributed by atoms with Crippen LogP contribution in [0.3, 0.4) is 0 Å². The number of alkyl halides is 1. The van der Waals surface area contributed by atoms with Gasteiger partial charge in [0.15, 0.2) is 0 Å². The van der Waals surface area contributed by atoms with Gasteiger partial charge in [0.1, 0.15) is 17.3 Å². The van der Waals surface area contributed by atoms with E-state index >= 15 is 0 Å². The molecule has 1 aromatic carbocycles. The molecule has 1 aliphatic heterocycles. The summed E-state index contributed by atoms with van der Waals surface area (Å²) >= 11 is 5.77. The highest BCUT2D eigenvalue weighted by atomic mass is 35.5. The molecular weight excluding hydrogens is 200 g/mol. The lowest BCUT2D eigenvalue weighted by Crippen LogP contribution is -2.03. The van der Waals surface area contributed by atoms with Crippen LogP contribution in [0.1, 0.15) is 5.56 Å². The molecule has 0 atom stereocenters. The van der Waals surface area contributed by atoms with Gasteiger partial charge < -0.3 is 9.84 Å². The van der Waals surface area contributed by atoms with Crippen LogP contribution in [0.5, 0.6) is 11.5 Å². The van der Waals surface area contributed by atoms with Crippen molar-refractivity contribution in [2.45, 2.75) is 0 Å². The van der Waals surface area contributed by atoms with Crippen LogP contribution in [-0.4, -0.2) is 11.0 Å². The van der Waals surface area contributed by atoms with Crippen LogP contribution in [0.4, 0.5) is 0 Å². The molecule has 0 aromatic heterocycles. The van der Waals surface area contributed by atoms with Crippen LogP contribution in [0.2, 0.25) is 0 Å². The number of phenols is 1. The van der Waals surface area contributed by atoms with Gasteiger partial charge in [-0.25, -0.2) is 0 Å². The monoisotopic (exact) mass is 208 g/mol. The quantitative estimate of drug-likeness (QED) is 0.720. The molecule has 0 saturated heterocycles. The van der Waals surface area contributed by atoms with E-state index in [9.17, 15) is 5.11 Å². The Bertz CT molecular complexity index is 421. The molecule has 1 heterocycles. The van der Waals surface area contributed by atoms with E-state index in [1.807, 2.05) is 0 Å². The molecule has 0 bridgehead atoms. The maximum atomic E-state index is 9.63. The Kier molecular flexibility index (Phi) is 2.22. The first-order valence-corrected chi connectivity index (χ1v) is 4.71. The van der Waals surface area contributed by atoms with Gasteiger partial charge in [0.2, 0.25) is 0 Å². The van der Waals surface area contributed by atoms with Crippen molar-refractivity contribution in [2.75, 3.05) is 5.88 Å². The zero-order valence-corrected chi connectivity index (χ0v) is 8.21. The molecule has 72 valence electrons. The van der Waals surface area contributed by atoms with Gasteiger partial charge in [-0.1, -0.05) is 12.6 Å². The first-order valence-electron chi connectivity index (χ1n) is 4.18.